The number of hydrogen-bond donors (Lipinski definition) is 2. The summed E-state index contributed by atoms with van der Waals surface area (Å²) in [5, 5.41) is 9.61. The Labute approximate surface area is 245 Å². The molecule has 0 bridgehead atoms. The van der Waals surface area contributed by atoms with E-state index in [1.807, 2.05) is 13.0 Å². The molecule has 1 aliphatic heterocycles. The minimum Gasteiger partial charge on any atom is -0.493 e. The fourth-order valence-corrected chi connectivity index (χ4v) is 4.42. The number of cyclic esters (lactones) is 1. The van der Waals surface area contributed by atoms with Crippen LogP contribution in [0.15, 0.2) is 35.8 Å². The first kappa shape index (κ1) is 34.7. The Morgan fingerprint density at radius 3 is 2.71 bits per heavy atom. The van der Waals surface area contributed by atoms with Gasteiger partial charge in [-0.05, 0) is 51.5 Å². The number of allylic oxidation sites excluding steroid dienone is 4. The van der Waals surface area contributed by atoms with Crippen molar-refractivity contribution in [3.8, 4) is 11.5 Å². The van der Waals surface area contributed by atoms with Gasteiger partial charge < -0.3 is 38.8 Å². The summed E-state index contributed by atoms with van der Waals surface area (Å²) in [4.78, 5) is 41.9. The summed E-state index contributed by atoms with van der Waals surface area (Å²) in [7, 11) is 2.38. The Hall–Kier alpha value is -3.55. The Bertz CT molecular complexity index is 1090. The van der Waals surface area contributed by atoms with E-state index in [1.54, 1.807) is 6.92 Å². The van der Waals surface area contributed by atoms with Gasteiger partial charge in [-0.15, -0.1) is 0 Å². The van der Waals surface area contributed by atoms with Gasteiger partial charge >= 0.3 is 11.9 Å². The summed E-state index contributed by atoms with van der Waals surface area (Å²) in [6, 6.07) is 0.383. The van der Waals surface area contributed by atoms with E-state index in [9.17, 15) is 18.8 Å². The third-order valence-corrected chi connectivity index (χ3v) is 6.41. The zero-order valence-electron chi connectivity index (χ0n) is 24.6. The van der Waals surface area contributed by atoms with Gasteiger partial charge in [0, 0.05) is 39.0 Å². The summed E-state index contributed by atoms with van der Waals surface area (Å²) < 4.78 is 45.4. The van der Waals surface area contributed by atoms with Gasteiger partial charge in [0.1, 0.15) is 12.4 Å². The number of nitrogens with one attached hydrogen (secondary N) is 1. The van der Waals surface area contributed by atoms with Crippen LogP contribution < -0.4 is 14.8 Å². The monoisotopic (exact) mass is 596 g/mol. The number of nitrogens with zero attached hydrogens (tertiary/aromatic N) is 1. The Kier molecular flexibility index (Phi) is 15.5. The van der Waals surface area contributed by atoms with Crippen molar-refractivity contribution in [3.63, 3.8) is 0 Å². The summed E-state index contributed by atoms with van der Waals surface area (Å²) in [6.45, 7) is 3.43. The zero-order valence-corrected chi connectivity index (χ0v) is 24.6. The number of carbonyl (C=O) groups excluding carboxylic acids is 3. The lowest BCUT2D eigenvalue weighted by Crippen LogP contribution is -2.46. The lowest BCUT2D eigenvalue weighted by molar-refractivity contribution is -0.156. The van der Waals surface area contributed by atoms with Crippen LogP contribution in [0.3, 0.4) is 0 Å². The van der Waals surface area contributed by atoms with Crippen LogP contribution in [-0.2, 0) is 28.5 Å². The quantitative estimate of drug-likeness (QED) is 0.286. The third-order valence-electron chi connectivity index (χ3n) is 6.41. The summed E-state index contributed by atoms with van der Waals surface area (Å²) in [6.07, 6.45) is 7.49. The van der Waals surface area contributed by atoms with E-state index < -0.39 is 36.8 Å². The average Bonchev–Trinajstić information content (AvgIpc) is 2.99. The Balaban J connectivity index is 0.00000301. The maximum Gasteiger partial charge on any atom is 0.334 e. The minimum atomic E-state index is -1.09. The molecule has 0 spiro atoms. The Morgan fingerprint density at radius 1 is 1.24 bits per heavy atom. The van der Waals surface area contributed by atoms with Gasteiger partial charge in [-0.3, -0.25) is 4.79 Å². The first-order valence-electron chi connectivity index (χ1n) is 13.8. The van der Waals surface area contributed by atoms with E-state index in [-0.39, 0.29) is 42.2 Å². The van der Waals surface area contributed by atoms with Crippen molar-refractivity contribution in [2.75, 3.05) is 47.4 Å². The fraction of sp³-hybridized carbons (Fsp3) is 0.586. The van der Waals surface area contributed by atoms with Crippen molar-refractivity contribution in [2.45, 2.75) is 58.1 Å². The maximum absolute atomic E-state index is 13.3. The molecule has 12 nitrogen and oxygen atoms in total. The van der Waals surface area contributed by atoms with Crippen LogP contribution in [0.25, 0.3) is 0 Å². The van der Waals surface area contributed by atoms with Crippen molar-refractivity contribution in [1.82, 2.24) is 10.3 Å². The topological polar surface area (TPSA) is 152 Å². The largest absolute Gasteiger partial charge is 0.493 e. The van der Waals surface area contributed by atoms with Crippen LogP contribution in [0, 0.1) is 5.92 Å². The molecule has 2 unspecified atom stereocenters. The van der Waals surface area contributed by atoms with Gasteiger partial charge in [-0.25, -0.2) is 19.0 Å². The standard InChI is InChI=1S/C28H37FN2O9.CH4O/c1-4-36-16-24(32)38-17-39-26-23(35-3)9-11-30-25(26)27(33)31-22-15-37-12-10-20(13-18(2)40-28(22)34)14-19-5-7-21(29)8-6-19;1-2/h5,7,9,11,18,20,22H,4,6,8,10,12-17H2,1-3H3,(H,31,33);2H,1H3/t18?,20?,22-;/m0./s1. The van der Waals surface area contributed by atoms with Gasteiger partial charge in [0.05, 0.1) is 19.8 Å². The molecule has 2 aliphatic rings. The van der Waals surface area contributed by atoms with E-state index >= 15 is 0 Å². The molecular formula is C29H41FN2O10. The molecule has 0 saturated carbocycles. The molecular weight excluding hydrogens is 555 g/mol. The molecule has 234 valence electrons. The molecule has 1 saturated heterocycles. The molecule has 2 heterocycles. The molecule has 1 aliphatic carbocycles. The number of esters is 2. The molecule has 1 aromatic rings. The number of rotatable bonds is 11. The highest BCUT2D eigenvalue weighted by molar-refractivity contribution is 5.98. The highest BCUT2D eigenvalue weighted by Crippen LogP contribution is 2.31. The fourth-order valence-electron chi connectivity index (χ4n) is 4.42. The number of ether oxygens (including phenoxy) is 6. The minimum absolute atomic E-state index is 0.0659. The highest BCUT2D eigenvalue weighted by atomic mass is 19.1. The second-order valence-electron chi connectivity index (χ2n) is 9.49. The van der Waals surface area contributed by atoms with Crippen LogP contribution in [0.4, 0.5) is 4.39 Å². The molecule has 0 radical (unpaired) electrons. The SMILES string of the molecule is CCOCC(=O)OCOc1c(OC)ccnc1C(=O)N[C@H]1COCCC(CC2=CC=C(F)CC2)CC(C)OC1=O.CO. The number of aliphatic hydroxyl groups is 1. The predicted molar refractivity (Wildman–Crippen MR) is 148 cm³/mol. The maximum atomic E-state index is 13.3. The van der Waals surface area contributed by atoms with Gasteiger partial charge in [0.25, 0.3) is 5.91 Å². The third kappa shape index (κ3) is 11.4. The molecule has 3 rings (SSSR count). The van der Waals surface area contributed by atoms with E-state index in [2.05, 4.69) is 10.3 Å². The number of aliphatic hydroxyl groups excluding tert-OH is 1. The molecule has 3 atom stereocenters. The lowest BCUT2D eigenvalue weighted by Gasteiger charge is -2.27. The molecule has 1 amide bonds. The molecule has 1 aromatic heterocycles. The number of aromatic nitrogens is 1. The van der Waals surface area contributed by atoms with E-state index in [0.29, 0.717) is 32.5 Å². The predicted octanol–water partition coefficient (Wildman–Crippen LogP) is 3.04. The first-order chi connectivity index (χ1) is 20.3. The number of hydrogen-bond acceptors (Lipinski definition) is 11. The molecule has 0 aromatic carbocycles. The molecule has 13 heteroatoms. The van der Waals surface area contributed by atoms with Crippen molar-refractivity contribution in [1.29, 1.82) is 0 Å². The van der Waals surface area contributed by atoms with Gasteiger partial charge in [-0.1, -0.05) is 11.6 Å². The van der Waals surface area contributed by atoms with Crippen molar-refractivity contribution >= 4 is 17.8 Å². The zero-order chi connectivity index (χ0) is 30.9. The van der Waals surface area contributed by atoms with Gasteiger partial charge in [0.15, 0.2) is 23.2 Å². The van der Waals surface area contributed by atoms with Gasteiger partial charge in [-0.2, -0.15) is 0 Å². The number of halogens is 1. The second kappa shape index (κ2) is 18.8. The first-order valence-corrected chi connectivity index (χ1v) is 13.8. The summed E-state index contributed by atoms with van der Waals surface area (Å²) in [5.74, 6) is -1.81. The van der Waals surface area contributed by atoms with Crippen molar-refractivity contribution in [2.24, 2.45) is 5.92 Å². The molecule has 2 N–H and O–H groups in total. The summed E-state index contributed by atoms with van der Waals surface area (Å²) in [5.41, 5.74) is 0.990. The normalized spacial score (nSPS) is 20.9. The Morgan fingerprint density at radius 2 is 2.02 bits per heavy atom. The van der Waals surface area contributed by atoms with Crippen LogP contribution in [-0.4, -0.2) is 87.5 Å². The average molecular weight is 597 g/mol. The molecule has 42 heavy (non-hydrogen) atoms. The second-order valence-corrected chi connectivity index (χ2v) is 9.49. The van der Waals surface area contributed by atoms with E-state index in [1.165, 1.54) is 31.0 Å². The van der Waals surface area contributed by atoms with E-state index in [4.69, 9.17) is 33.5 Å². The smallest absolute Gasteiger partial charge is 0.334 e. The molecule has 1 fully saturated rings. The summed E-state index contributed by atoms with van der Waals surface area (Å²) >= 11 is 0. The highest BCUT2D eigenvalue weighted by Gasteiger charge is 2.30. The van der Waals surface area contributed by atoms with E-state index in [0.717, 1.165) is 20.0 Å². The number of amides is 1. The van der Waals surface area contributed by atoms with Crippen LogP contribution in [0.5, 0.6) is 11.5 Å². The number of methoxy groups -OCH3 is 1. The number of pyridine rings is 1. The van der Waals surface area contributed by atoms with Crippen molar-refractivity contribution < 1.29 is 52.3 Å². The van der Waals surface area contributed by atoms with Crippen molar-refractivity contribution in [3.05, 3.63) is 41.5 Å². The van der Waals surface area contributed by atoms with Crippen LogP contribution in [0.1, 0.15) is 56.4 Å². The number of carbonyl (C=O) groups is 3. The van der Waals surface area contributed by atoms with Crippen LogP contribution >= 0.6 is 0 Å². The van der Waals surface area contributed by atoms with Gasteiger partial charge in [0.2, 0.25) is 6.79 Å². The van der Waals surface area contributed by atoms with Crippen LogP contribution in [0.2, 0.25) is 0 Å². The lowest BCUT2D eigenvalue weighted by atomic mass is 9.88.